The van der Waals surface area contributed by atoms with Gasteiger partial charge in [-0.1, -0.05) is 98.1 Å². The van der Waals surface area contributed by atoms with Gasteiger partial charge in [-0.2, -0.15) is 0 Å². The minimum Gasteiger partial charge on any atom is -0.544 e. The van der Waals surface area contributed by atoms with Crippen LogP contribution in [0.4, 0.5) is 28.0 Å². The van der Waals surface area contributed by atoms with Crippen molar-refractivity contribution in [2.45, 2.75) is 214 Å². The highest BCUT2D eigenvalue weighted by Crippen LogP contribution is 2.15. The maximum absolute atomic E-state index is 13.4. The maximum atomic E-state index is 13.4. The number of azide groups is 2. The third-order valence-electron chi connectivity index (χ3n) is 13.6. The SMILES string of the molecule is CC(=O)OC(C)=O.CC(C)(C)OC(=O)C[C@@H]1NC(=O)OC1=O.CC(C)C[C@H]1NC(=O)OC1=O.CCC[C@@H](NC(=O)[C@H](CCCNC(=O)OCc1ccccc1)NC(C)=O)C(=O)N[C@@H](CC(=O)OC(C)(C)C)C(=O)NCCOCCN=[N+]=[N-].O=C(NCCC[C@@H]1NC(O)OC1=O)OCc1ccccc1.O=C([O-])C(F)F.[N-]=[N+]=NCCOCC[NH3+]. The fraction of sp³-hybridized carbons (Fsp3) is 0.611. The van der Waals surface area contributed by atoms with E-state index >= 15 is 0 Å². The van der Waals surface area contributed by atoms with E-state index in [9.17, 15) is 80.7 Å². The maximum Gasteiger partial charge on any atom is 0.415 e. The summed E-state index contributed by atoms with van der Waals surface area (Å²) in [5, 5.41) is 47.3. The second kappa shape index (κ2) is 62.3. The summed E-state index contributed by atoms with van der Waals surface area (Å²) in [5.41, 5.74) is 20.0. The number of aliphatic carboxylic acids is 1. The van der Waals surface area contributed by atoms with Gasteiger partial charge in [0.2, 0.25) is 23.6 Å². The molecule has 13 N–H and O–H groups in total. The molecule has 0 spiro atoms. The Balaban J connectivity index is 0. The van der Waals surface area contributed by atoms with E-state index in [1.807, 2.05) is 74.5 Å². The number of hydrogen-bond acceptors (Lipinski definition) is 31. The molecule has 44 nitrogen and oxygen atoms in total. The lowest BCUT2D eigenvalue weighted by Gasteiger charge is -2.26. The number of ether oxygens (including phenoxy) is 10. The van der Waals surface area contributed by atoms with Gasteiger partial charge in [0.15, 0.2) is 0 Å². The van der Waals surface area contributed by atoms with Crippen molar-refractivity contribution in [2.75, 3.05) is 65.7 Å². The van der Waals surface area contributed by atoms with E-state index in [2.05, 4.69) is 92.6 Å². The molecule has 5 rings (SSSR count). The number of carboxylic acid groups (broad SMARTS) is 1. The first kappa shape index (κ1) is 108. The number of benzene rings is 2. The molecule has 0 aliphatic carbocycles. The second-order valence-electron chi connectivity index (χ2n) is 26.9. The third-order valence-corrected chi connectivity index (χ3v) is 13.6. The first-order chi connectivity index (χ1) is 55.4. The minimum absolute atomic E-state index is 0.0446. The van der Waals surface area contributed by atoms with Gasteiger partial charge in [0.05, 0.1) is 45.8 Å². The zero-order valence-electron chi connectivity index (χ0n) is 67.9. The molecule has 7 atom stereocenters. The molecule has 3 aliphatic rings. The zero-order chi connectivity index (χ0) is 89.8. The van der Waals surface area contributed by atoms with E-state index < -0.39 is 162 Å². The smallest absolute Gasteiger partial charge is 0.415 e. The van der Waals surface area contributed by atoms with Crippen LogP contribution in [0.3, 0.4) is 0 Å². The summed E-state index contributed by atoms with van der Waals surface area (Å²) in [7, 11) is 0. The van der Waals surface area contributed by atoms with E-state index in [4.69, 9.17) is 54.5 Å². The zero-order valence-corrected chi connectivity index (χ0v) is 67.9. The quantitative estimate of drug-likeness (QED) is 0.00874. The van der Waals surface area contributed by atoms with Crippen LogP contribution >= 0.6 is 0 Å². The van der Waals surface area contributed by atoms with Crippen LogP contribution < -0.4 is 58.7 Å². The Labute approximate surface area is 679 Å². The fourth-order valence-corrected chi connectivity index (χ4v) is 8.86. The lowest BCUT2D eigenvalue weighted by atomic mass is 10.0. The first-order valence-corrected chi connectivity index (χ1v) is 36.8. The van der Waals surface area contributed by atoms with Crippen LogP contribution in [-0.2, 0) is 118 Å². The summed E-state index contributed by atoms with van der Waals surface area (Å²) in [6, 6.07) is 13.2. The van der Waals surface area contributed by atoms with Crippen molar-refractivity contribution >= 4 is 95.8 Å². The predicted molar refractivity (Wildman–Crippen MR) is 404 cm³/mol. The summed E-state index contributed by atoms with van der Waals surface area (Å²) >= 11 is 0. The average Bonchev–Trinajstić information content (AvgIpc) is 1.44. The molecule has 118 heavy (non-hydrogen) atoms. The van der Waals surface area contributed by atoms with Crippen molar-refractivity contribution in [2.24, 2.45) is 16.1 Å². The summed E-state index contributed by atoms with van der Waals surface area (Å²) in [6.45, 7) is 23.1. The Morgan fingerprint density at radius 3 is 1.47 bits per heavy atom. The molecular weight excluding hydrogens is 1570 g/mol. The highest BCUT2D eigenvalue weighted by atomic mass is 19.3. The van der Waals surface area contributed by atoms with Crippen molar-refractivity contribution in [1.82, 2.24) is 47.9 Å². The monoisotopic (exact) mass is 1680 g/mol. The number of alkyl carbamates (subject to hydrolysis) is 4. The Kier molecular flexibility index (Phi) is 57.1. The molecule has 0 aromatic heterocycles. The van der Waals surface area contributed by atoms with Gasteiger partial charge < -0.3 is 111 Å². The molecule has 3 heterocycles. The number of nitrogens with one attached hydrogen (secondary N) is 9. The highest BCUT2D eigenvalue weighted by molar-refractivity contribution is 5.98. The number of aliphatic hydroxyl groups is 1. The topological polar surface area (TPSA) is 642 Å². The van der Waals surface area contributed by atoms with Crippen molar-refractivity contribution in [3.8, 4) is 0 Å². The molecule has 8 amide bonds. The van der Waals surface area contributed by atoms with Gasteiger partial charge in [0, 0.05) is 63.3 Å². The van der Waals surface area contributed by atoms with Gasteiger partial charge in [0.1, 0.15) is 66.6 Å². The van der Waals surface area contributed by atoms with E-state index in [1.165, 1.54) is 20.8 Å². The first-order valence-electron chi connectivity index (χ1n) is 36.8. The molecule has 0 saturated carbocycles. The fourth-order valence-electron chi connectivity index (χ4n) is 8.86. The molecule has 0 radical (unpaired) electrons. The number of esters is 7. The lowest BCUT2D eigenvalue weighted by molar-refractivity contribution is -0.374. The van der Waals surface area contributed by atoms with Gasteiger partial charge in [-0.15, -0.1) is 0 Å². The number of nitrogens with zero attached hydrogens (tertiary/aromatic N) is 6. The Hall–Kier alpha value is -12.0. The van der Waals surface area contributed by atoms with Crippen molar-refractivity contribution in [3.05, 3.63) is 92.7 Å². The number of hydrogen-bond donors (Lipinski definition) is 11. The van der Waals surface area contributed by atoms with Crippen molar-refractivity contribution < 1.29 is 149 Å². The highest BCUT2D eigenvalue weighted by Gasteiger charge is 2.37. The van der Waals surface area contributed by atoms with Crippen LogP contribution in [0.2, 0.25) is 0 Å². The van der Waals surface area contributed by atoms with E-state index in [0.29, 0.717) is 64.3 Å². The van der Waals surface area contributed by atoms with Crippen LogP contribution in [0.15, 0.2) is 70.9 Å². The largest absolute Gasteiger partial charge is 0.544 e. The number of rotatable bonds is 38. The van der Waals surface area contributed by atoms with Crippen LogP contribution in [0.1, 0.15) is 152 Å². The number of carbonyl (C=O) groups excluding carboxylic acids is 16. The van der Waals surface area contributed by atoms with Gasteiger partial charge in [0.25, 0.3) is 12.8 Å². The van der Waals surface area contributed by atoms with Gasteiger partial charge >= 0.3 is 66.2 Å². The van der Waals surface area contributed by atoms with Gasteiger partial charge in [-0.05, 0) is 108 Å². The third kappa shape index (κ3) is 59.7. The number of alkyl halides is 2. The molecule has 660 valence electrons. The Morgan fingerprint density at radius 2 is 1.07 bits per heavy atom. The number of amides is 8. The number of carboxylic acids is 1. The number of quaternary nitrogens is 1. The Bertz CT molecular complexity index is 3570. The molecule has 3 fully saturated rings. The molecule has 3 aliphatic heterocycles. The molecule has 2 aromatic rings. The summed E-state index contributed by atoms with van der Waals surface area (Å²) in [4.78, 5) is 187. The van der Waals surface area contributed by atoms with Gasteiger partial charge in [-0.25, -0.2) is 42.9 Å². The number of carbonyl (C=O) groups is 16. The molecule has 3 saturated heterocycles. The molecule has 46 heteroatoms. The molecule has 1 unspecified atom stereocenters. The van der Waals surface area contributed by atoms with Crippen LogP contribution in [0.5, 0.6) is 0 Å². The summed E-state index contributed by atoms with van der Waals surface area (Å²) in [5.74, 6) is -8.52. The standard InChI is InChI=1S/C32H50N8O9.C14H18N2O5.C9H13NO5.C7H11NO3.C4H10N4O.C4H6O3.C2H2F2O2/c1-6-11-24(29(44)39-26(20-27(42)49-32(3,4)5)28(43)34-16-18-47-19-17-36-40-33)38-30(45)25(37-22(2)41)14-10-15-35-31(46)48-21-23-12-8-7-9-13-23;17-12-11(16-14(19)21-12)7-4-8-15-13(18)20-9-10-5-2-1-3-6-10;1-9(2,3)15-6(11)4-5-7(12)14-8(13)10-5;1-4(2)3-5-6(9)11-7(10)8-5;5-1-3-9-4-2-7-8-6;1-3(5)7-4(2)6;3-1(4)2(5)6/h7-9,12-13,24-26H,6,10-11,14-21H2,1-5H3,(H,34,43)(H,35,46)(H,37,41)(H,38,45)(H,39,44);1-3,5-6,11,14,16,19H,4,7-9H2,(H,15,18);5H,4H2,1-3H3,(H,10,13);4-5H,3H2,1-2H3,(H,8,10);1-5H2;1-2H3;1H,(H,5,6)/t24-,25+,26+;11-,14?;2*5-;;;/m1001.../s1. The summed E-state index contributed by atoms with van der Waals surface area (Å²) < 4.78 is 68.8. The molecular formula is C72H110F2N16O28. The number of halogens is 2. The predicted octanol–water partition coefficient (Wildman–Crippen LogP) is 2.30. The summed E-state index contributed by atoms with van der Waals surface area (Å²) in [6.07, 6.45) is -5.04. The van der Waals surface area contributed by atoms with E-state index in [1.54, 1.807) is 48.5 Å². The van der Waals surface area contributed by atoms with Gasteiger partial charge in [-0.3, -0.25) is 43.2 Å². The van der Waals surface area contributed by atoms with Crippen LogP contribution in [0.25, 0.3) is 20.9 Å². The minimum atomic E-state index is -3.34. The van der Waals surface area contributed by atoms with Crippen molar-refractivity contribution in [3.63, 3.8) is 0 Å². The molecule has 2 aromatic carbocycles. The number of cyclic esters (lactones) is 5. The Morgan fingerprint density at radius 1 is 0.610 bits per heavy atom. The average molecular weight is 1690 g/mol. The van der Waals surface area contributed by atoms with Crippen molar-refractivity contribution in [1.29, 1.82) is 0 Å². The van der Waals surface area contributed by atoms with Crippen LogP contribution in [-0.4, -0.2) is 227 Å². The van der Waals surface area contributed by atoms with E-state index in [0.717, 1.165) is 17.7 Å². The molecule has 0 bridgehead atoms. The van der Waals surface area contributed by atoms with E-state index in [-0.39, 0.29) is 65.3 Å². The lowest BCUT2D eigenvalue weighted by Crippen LogP contribution is -2.57. The number of aliphatic hydroxyl groups excluding tert-OH is 1. The van der Waals surface area contributed by atoms with Crippen LogP contribution in [0, 0.1) is 5.92 Å². The second-order valence-corrected chi connectivity index (χ2v) is 26.9. The normalized spacial score (nSPS) is 15.4.